The van der Waals surface area contributed by atoms with Crippen LogP contribution in [0.1, 0.15) is 57.4 Å². The molecule has 0 unspecified atom stereocenters. The van der Waals surface area contributed by atoms with Crippen LogP contribution < -0.4 is 4.74 Å². The van der Waals surface area contributed by atoms with Crippen molar-refractivity contribution in [1.82, 2.24) is 0 Å². The Bertz CT molecular complexity index is 779. The molecular weight excluding hydrogens is 456 g/mol. The lowest BCUT2D eigenvalue weighted by molar-refractivity contribution is -0.357. The van der Waals surface area contributed by atoms with Crippen LogP contribution in [0.2, 0.25) is 0 Å². The van der Waals surface area contributed by atoms with Crippen LogP contribution in [0, 0.1) is 5.92 Å². The zero-order valence-corrected chi connectivity index (χ0v) is 21.6. The molecule has 3 heterocycles. The second-order valence-electron chi connectivity index (χ2n) is 9.54. The van der Waals surface area contributed by atoms with Gasteiger partial charge in [0.1, 0.15) is 5.75 Å². The summed E-state index contributed by atoms with van der Waals surface area (Å²) >= 11 is 4.13. The van der Waals surface area contributed by atoms with Crippen molar-refractivity contribution in [2.45, 2.75) is 80.7 Å². The minimum atomic E-state index is -0.822. The third-order valence-electron chi connectivity index (χ3n) is 6.76. The lowest BCUT2D eigenvalue weighted by atomic mass is 9.86. The third-order valence-corrected chi connectivity index (χ3v) is 10.1. The Labute approximate surface area is 207 Å². The van der Waals surface area contributed by atoms with E-state index >= 15 is 0 Å². The van der Waals surface area contributed by atoms with Gasteiger partial charge in [-0.3, -0.25) is 0 Å². The van der Waals surface area contributed by atoms with Crippen molar-refractivity contribution < 1.29 is 24.1 Å². The Morgan fingerprint density at radius 3 is 2.64 bits per heavy atom. The van der Waals surface area contributed by atoms with E-state index in [4.69, 9.17) is 18.9 Å². The van der Waals surface area contributed by atoms with Gasteiger partial charge in [-0.1, -0.05) is 31.2 Å². The van der Waals surface area contributed by atoms with Gasteiger partial charge in [-0.25, -0.2) is 0 Å². The largest absolute Gasteiger partial charge is 0.497 e. The molecule has 4 atom stereocenters. The molecule has 0 radical (unpaired) electrons. The molecular formula is C26H38O5S2. The number of hydrogen-bond acceptors (Lipinski definition) is 7. The van der Waals surface area contributed by atoms with Crippen molar-refractivity contribution in [2.75, 3.05) is 25.2 Å². The third kappa shape index (κ3) is 6.71. The second kappa shape index (κ2) is 11.4. The topological polar surface area (TPSA) is 57.2 Å². The number of benzene rings is 1. The zero-order chi connectivity index (χ0) is 23.3. The molecule has 3 aliphatic heterocycles. The first-order valence-corrected chi connectivity index (χ1v) is 14.1. The quantitative estimate of drug-likeness (QED) is 0.462. The van der Waals surface area contributed by atoms with Gasteiger partial charge in [0.2, 0.25) is 0 Å². The SMILES string of the molecule is C=C(CC)C[C@@H]1CC2(C[C@]3(C[C@@H](COCc4ccc(OC)cc4)C[C@H](O)O3)O1)SCCCS2. The van der Waals surface area contributed by atoms with Gasteiger partial charge in [0.05, 0.1) is 30.5 Å². The summed E-state index contributed by atoms with van der Waals surface area (Å²) in [6, 6.07) is 7.95. The summed E-state index contributed by atoms with van der Waals surface area (Å²) in [5, 5.41) is 10.7. The lowest BCUT2D eigenvalue weighted by Gasteiger charge is -2.54. The maximum Gasteiger partial charge on any atom is 0.174 e. The molecule has 3 fully saturated rings. The molecule has 0 aromatic heterocycles. The minimum absolute atomic E-state index is 0.0791. The van der Waals surface area contributed by atoms with Gasteiger partial charge in [0.25, 0.3) is 0 Å². The molecule has 2 spiro atoms. The summed E-state index contributed by atoms with van der Waals surface area (Å²) in [5.74, 6) is 2.65. The van der Waals surface area contributed by atoms with Crippen LogP contribution in [0.4, 0.5) is 0 Å². The highest BCUT2D eigenvalue weighted by atomic mass is 32.2. The van der Waals surface area contributed by atoms with E-state index in [0.29, 0.717) is 19.6 Å². The predicted octanol–water partition coefficient (Wildman–Crippen LogP) is 5.75. The van der Waals surface area contributed by atoms with E-state index in [0.717, 1.165) is 43.4 Å². The van der Waals surface area contributed by atoms with Crippen molar-refractivity contribution in [3.8, 4) is 5.75 Å². The average Bonchev–Trinajstić information content (AvgIpc) is 2.79. The summed E-state index contributed by atoms with van der Waals surface area (Å²) in [7, 11) is 1.67. The Hall–Kier alpha value is -0.700. The number of aliphatic hydroxyl groups is 1. The fourth-order valence-electron chi connectivity index (χ4n) is 5.17. The molecule has 0 aliphatic carbocycles. The first-order chi connectivity index (χ1) is 15.9. The van der Waals surface area contributed by atoms with Crippen LogP contribution in [0.3, 0.4) is 0 Å². The summed E-state index contributed by atoms with van der Waals surface area (Å²) in [4.78, 5) is 0. The van der Waals surface area contributed by atoms with E-state index in [9.17, 15) is 5.11 Å². The van der Waals surface area contributed by atoms with Crippen molar-refractivity contribution in [2.24, 2.45) is 5.92 Å². The number of aliphatic hydroxyl groups excluding tert-OH is 1. The molecule has 33 heavy (non-hydrogen) atoms. The maximum atomic E-state index is 10.7. The number of methoxy groups -OCH3 is 1. The molecule has 5 nitrogen and oxygen atoms in total. The van der Waals surface area contributed by atoms with E-state index in [-0.39, 0.29) is 16.1 Å². The molecule has 184 valence electrons. The fourth-order valence-corrected chi connectivity index (χ4v) is 8.76. The molecule has 7 heteroatoms. The van der Waals surface area contributed by atoms with Crippen molar-refractivity contribution in [3.05, 3.63) is 42.0 Å². The summed E-state index contributed by atoms with van der Waals surface area (Å²) in [6.07, 6.45) is 5.50. The second-order valence-corrected chi connectivity index (χ2v) is 12.8. The molecule has 1 aromatic carbocycles. The van der Waals surface area contributed by atoms with E-state index in [1.807, 2.05) is 24.3 Å². The van der Waals surface area contributed by atoms with Gasteiger partial charge in [-0.2, -0.15) is 0 Å². The fraction of sp³-hybridized carbons (Fsp3) is 0.692. The van der Waals surface area contributed by atoms with Crippen LogP contribution in [-0.4, -0.2) is 52.6 Å². The van der Waals surface area contributed by atoms with Gasteiger partial charge >= 0.3 is 0 Å². The van der Waals surface area contributed by atoms with Gasteiger partial charge in [0, 0.05) is 19.3 Å². The predicted molar refractivity (Wildman–Crippen MR) is 136 cm³/mol. The number of rotatable bonds is 8. The first kappa shape index (κ1) is 25.4. The van der Waals surface area contributed by atoms with Crippen molar-refractivity contribution >= 4 is 23.5 Å². The normalized spacial score (nSPS) is 31.5. The summed E-state index contributed by atoms with van der Waals surface area (Å²) < 4.78 is 24.3. The Morgan fingerprint density at radius 2 is 1.94 bits per heavy atom. The van der Waals surface area contributed by atoms with E-state index < -0.39 is 12.1 Å². The van der Waals surface area contributed by atoms with E-state index in [1.54, 1.807) is 7.11 Å². The number of hydrogen-bond donors (Lipinski definition) is 1. The van der Waals surface area contributed by atoms with Crippen LogP contribution in [-0.2, 0) is 20.8 Å². The van der Waals surface area contributed by atoms with Gasteiger partial charge in [-0.05, 0) is 60.8 Å². The monoisotopic (exact) mass is 494 g/mol. The highest BCUT2D eigenvalue weighted by Gasteiger charge is 2.54. The molecule has 0 bridgehead atoms. The molecule has 3 saturated heterocycles. The van der Waals surface area contributed by atoms with Crippen LogP contribution in [0.25, 0.3) is 0 Å². The van der Waals surface area contributed by atoms with Crippen LogP contribution in [0.5, 0.6) is 5.75 Å². The van der Waals surface area contributed by atoms with Crippen LogP contribution in [0.15, 0.2) is 36.4 Å². The zero-order valence-electron chi connectivity index (χ0n) is 19.9. The summed E-state index contributed by atoms with van der Waals surface area (Å²) in [5.41, 5.74) is 2.33. The Balaban J connectivity index is 1.42. The standard InChI is InChI=1S/C26H38O5S2/c1-4-19(2)12-23-15-26(32-10-5-11-33-26)18-25(30-23)14-21(13-24(27)31-25)17-29-16-20-6-8-22(28-3)9-7-20/h6-9,21,23-24,27H,2,4-5,10-18H2,1,3H3/t21-,23+,24+,25+/m0/s1. The van der Waals surface area contributed by atoms with Gasteiger partial charge < -0.3 is 24.1 Å². The Kier molecular flexibility index (Phi) is 8.74. The summed E-state index contributed by atoms with van der Waals surface area (Å²) in [6.45, 7) is 7.51. The van der Waals surface area contributed by atoms with Crippen molar-refractivity contribution in [1.29, 1.82) is 0 Å². The number of thioether (sulfide) groups is 2. The van der Waals surface area contributed by atoms with E-state index in [1.165, 1.54) is 23.5 Å². The first-order valence-electron chi connectivity index (χ1n) is 12.1. The number of ether oxygens (including phenoxy) is 4. The smallest absolute Gasteiger partial charge is 0.174 e. The lowest BCUT2D eigenvalue weighted by Crippen LogP contribution is -2.57. The van der Waals surface area contributed by atoms with E-state index in [2.05, 4.69) is 37.0 Å². The molecule has 3 aliphatic rings. The van der Waals surface area contributed by atoms with Gasteiger partial charge in [0.15, 0.2) is 12.1 Å². The molecule has 0 saturated carbocycles. The van der Waals surface area contributed by atoms with Crippen molar-refractivity contribution in [3.63, 3.8) is 0 Å². The molecule has 4 rings (SSSR count). The minimum Gasteiger partial charge on any atom is -0.497 e. The highest BCUT2D eigenvalue weighted by molar-refractivity contribution is 8.18. The Morgan fingerprint density at radius 1 is 1.18 bits per heavy atom. The van der Waals surface area contributed by atoms with Crippen LogP contribution >= 0.6 is 23.5 Å². The van der Waals surface area contributed by atoms with Gasteiger partial charge in [-0.15, -0.1) is 23.5 Å². The average molecular weight is 495 g/mol. The molecule has 1 N–H and O–H groups in total. The molecule has 1 aromatic rings. The highest BCUT2D eigenvalue weighted by Crippen LogP contribution is 2.57. The molecule has 0 amide bonds. The maximum absolute atomic E-state index is 10.7.